The Bertz CT molecular complexity index is 1700. The van der Waals surface area contributed by atoms with Crippen LogP contribution in [0.5, 0.6) is 0 Å². The first-order valence-corrected chi connectivity index (χ1v) is 13.1. The minimum Gasteiger partial charge on any atom is -0.444 e. The number of H-pyrrole nitrogens is 1. The van der Waals surface area contributed by atoms with Gasteiger partial charge < -0.3 is 20.4 Å². The van der Waals surface area contributed by atoms with Crippen molar-refractivity contribution in [2.75, 3.05) is 5.32 Å². The number of aromatic amines is 1. The lowest BCUT2D eigenvalue weighted by molar-refractivity contribution is -0.122. The predicted molar refractivity (Wildman–Crippen MR) is 153 cm³/mol. The minimum atomic E-state index is -1.34. The first-order valence-electron chi connectivity index (χ1n) is 13.1. The molecule has 1 aliphatic heterocycles. The van der Waals surface area contributed by atoms with Gasteiger partial charge in [-0.05, 0) is 62.4 Å². The van der Waals surface area contributed by atoms with Crippen LogP contribution < -0.4 is 16.1 Å². The number of anilines is 1. The van der Waals surface area contributed by atoms with E-state index in [9.17, 15) is 14.4 Å². The first-order chi connectivity index (χ1) is 19.1. The fourth-order valence-electron chi connectivity index (χ4n) is 5.54. The molecule has 4 N–H and O–H groups in total. The highest BCUT2D eigenvalue weighted by molar-refractivity contribution is 6.18. The molecule has 202 valence electrons. The molecule has 2 aliphatic rings. The smallest absolute Gasteiger partial charge is 0.408 e. The monoisotopic (exact) mass is 535 g/mol. The van der Waals surface area contributed by atoms with Crippen LogP contribution in [0.15, 0.2) is 71.8 Å². The number of carbonyl (C=O) groups is 3. The van der Waals surface area contributed by atoms with Gasteiger partial charge in [-0.15, -0.1) is 0 Å². The maximum atomic E-state index is 14.1. The third kappa shape index (κ3) is 4.39. The average Bonchev–Trinajstić information content (AvgIpc) is 3.41. The molecule has 0 spiro atoms. The zero-order chi connectivity index (χ0) is 28.1. The number of aromatic nitrogens is 1. The molecule has 40 heavy (non-hydrogen) atoms. The number of benzene rings is 3. The highest BCUT2D eigenvalue weighted by atomic mass is 16.6. The van der Waals surface area contributed by atoms with E-state index in [2.05, 4.69) is 26.1 Å². The van der Waals surface area contributed by atoms with E-state index in [4.69, 9.17) is 4.74 Å². The molecular weight excluding hydrogens is 506 g/mol. The summed E-state index contributed by atoms with van der Waals surface area (Å²) in [6.07, 6.45) is 1.93. The molecule has 3 aromatic carbocycles. The van der Waals surface area contributed by atoms with Crippen LogP contribution in [0.25, 0.3) is 22.2 Å². The number of aryl methyl sites for hydroxylation is 1. The van der Waals surface area contributed by atoms with E-state index in [1.807, 2.05) is 54.6 Å². The number of rotatable bonds is 4. The number of fused-ring (bicyclic) bond motifs is 1. The predicted octanol–water partition coefficient (Wildman–Crippen LogP) is 5.22. The minimum absolute atomic E-state index is 0.367. The van der Waals surface area contributed by atoms with Gasteiger partial charge in [0.15, 0.2) is 0 Å². The number of alkyl carbamates (subject to hydrolysis) is 1. The molecular formula is C31H29N5O4. The number of amides is 3. The van der Waals surface area contributed by atoms with Crippen molar-refractivity contribution in [3.63, 3.8) is 0 Å². The second-order valence-electron chi connectivity index (χ2n) is 11.1. The molecule has 0 radical (unpaired) electrons. The van der Waals surface area contributed by atoms with Gasteiger partial charge in [0.2, 0.25) is 0 Å². The van der Waals surface area contributed by atoms with Gasteiger partial charge in [0, 0.05) is 22.2 Å². The van der Waals surface area contributed by atoms with E-state index in [1.54, 1.807) is 39.1 Å². The fraction of sp³-hybridized carbons (Fsp3) is 0.226. The summed E-state index contributed by atoms with van der Waals surface area (Å²) in [7, 11) is 0. The van der Waals surface area contributed by atoms with Crippen molar-refractivity contribution in [3.8, 4) is 11.3 Å². The summed E-state index contributed by atoms with van der Waals surface area (Å²) in [5, 5.41) is 10.7. The fourth-order valence-corrected chi connectivity index (χ4v) is 5.54. The van der Waals surface area contributed by atoms with Gasteiger partial charge in [-0.3, -0.25) is 9.59 Å². The molecule has 1 atom stereocenters. The Labute approximate surface area is 231 Å². The zero-order valence-corrected chi connectivity index (χ0v) is 22.4. The molecule has 0 fully saturated rings. The molecule has 0 bridgehead atoms. The van der Waals surface area contributed by atoms with Gasteiger partial charge in [-0.25, -0.2) is 10.2 Å². The van der Waals surface area contributed by atoms with E-state index >= 15 is 0 Å². The molecule has 0 saturated heterocycles. The van der Waals surface area contributed by atoms with Crippen LogP contribution in [0.2, 0.25) is 0 Å². The van der Waals surface area contributed by atoms with Gasteiger partial charge >= 0.3 is 6.09 Å². The normalized spacial score (nSPS) is 17.6. The largest absolute Gasteiger partial charge is 0.444 e. The first kappa shape index (κ1) is 25.4. The molecule has 1 aromatic heterocycles. The number of hydrogen-bond donors (Lipinski definition) is 4. The third-order valence-corrected chi connectivity index (χ3v) is 7.21. The Hall–Kier alpha value is -4.92. The lowest BCUT2D eigenvalue weighted by Crippen LogP contribution is -2.54. The standard InChI is InChI=1S/C31H29N5O4/c1-30(2,3)40-29(39)35-31(14-13-18-9-7-8-12-23(18)31)28(38)33-20-15-21-25-22(17-32-36-27(21)37)26(34-24(25)16-20)19-10-5-4-6-11-19/h4-12,15-17,34H,13-14H2,1-3H3,(H,33,38)(H,35,39)(H,36,37). The number of hydrazone groups is 1. The van der Waals surface area contributed by atoms with Crippen molar-refractivity contribution in [1.82, 2.24) is 15.7 Å². The lowest BCUT2D eigenvalue weighted by atomic mass is 9.90. The Balaban J connectivity index is 1.42. The zero-order valence-electron chi connectivity index (χ0n) is 22.4. The van der Waals surface area contributed by atoms with Gasteiger partial charge in [-0.1, -0.05) is 54.6 Å². The Morgan fingerprint density at radius 1 is 1.02 bits per heavy atom. The Morgan fingerprint density at radius 3 is 2.55 bits per heavy atom. The second kappa shape index (κ2) is 9.37. The third-order valence-electron chi connectivity index (χ3n) is 7.21. The maximum absolute atomic E-state index is 14.1. The van der Waals surface area contributed by atoms with Crippen molar-refractivity contribution in [3.05, 3.63) is 89.0 Å². The summed E-state index contributed by atoms with van der Waals surface area (Å²) in [6, 6.07) is 20.8. The SMILES string of the molecule is CC(C)(C)OC(=O)NC1(C(=O)Nc2cc3c4c(c(-c5ccccc5)[nH]c4c2)C=NNC3=O)CCc2ccccc21. The number of hydrogen-bond acceptors (Lipinski definition) is 5. The molecule has 1 aliphatic carbocycles. The van der Waals surface area contributed by atoms with Gasteiger partial charge in [0.25, 0.3) is 11.8 Å². The highest BCUT2D eigenvalue weighted by Crippen LogP contribution is 2.39. The van der Waals surface area contributed by atoms with E-state index < -0.39 is 23.1 Å². The van der Waals surface area contributed by atoms with Crippen LogP contribution in [0.4, 0.5) is 10.5 Å². The van der Waals surface area contributed by atoms with Gasteiger partial charge in [0.1, 0.15) is 11.1 Å². The second-order valence-corrected chi connectivity index (χ2v) is 11.1. The summed E-state index contributed by atoms with van der Waals surface area (Å²) in [5.41, 5.74) is 6.16. The van der Waals surface area contributed by atoms with Crippen molar-refractivity contribution in [2.45, 2.75) is 44.8 Å². The average molecular weight is 536 g/mol. The van der Waals surface area contributed by atoms with Crippen LogP contribution in [0.3, 0.4) is 0 Å². The maximum Gasteiger partial charge on any atom is 0.408 e. The summed E-state index contributed by atoms with van der Waals surface area (Å²) in [4.78, 5) is 43.4. The molecule has 0 saturated carbocycles. The van der Waals surface area contributed by atoms with Crippen molar-refractivity contribution in [2.24, 2.45) is 5.10 Å². The molecule has 9 heteroatoms. The van der Waals surface area contributed by atoms with Crippen LogP contribution in [0.1, 0.15) is 54.2 Å². The van der Waals surface area contributed by atoms with Crippen molar-refractivity contribution in [1.29, 1.82) is 0 Å². The van der Waals surface area contributed by atoms with Crippen LogP contribution >= 0.6 is 0 Å². The van der Waals surface area contributed by atoms with Gasteiger partial charge in [0.05, 0.1) is 17.5 Å². The Kier molecular flexibility index (Phi) is 5.94. The van der Waals surface area contributed by atoms with Crippen molar-refractivity contribution < 1.29 is 19.1 Å². The topological polar surface area (TPSA) is 125 Å². The summed E-state index contributed by atoms with van der Waals surface area (Å²) in [6.45, 7) is 5.32. The van der Waals surface area contributed by atoms with E-state index in [0.29, 0.717) is 35.0 Å². The van der Waals surface area contributed by atoms with E-state index in [-0.39, 0.29) is 5.91 Å². The highest BCUT2D eigenvalue weighted by Gasteiger charge is 2.47. The number of ether oxygens (including phenoxy) is 1. The summed E-state index contributed by atoms with van der Waals surface area (Å²) >= 11 is 0. The molecule has 2 heterocycles. The van der Waals surface area contributed by atoms with Crippen LogP contribution in [0, 0.1) is 0 Å². The number of nitrogens with one attached hydrogen (secondary N) is 4. The molecule has 4 aromatic rings. The number of nitrogens with zero attached hydrogens (tertiary/aromatic N) is 1. The van der Waals surface area contributed by atoms with Crippen molar-refractivity contribution >= 4 is 40.7 Å². The number of carbonyl (C=O) groups excluding carboxylic acids is 3. The van der Waals surface area contributed by atoms with Gasteiger partial charge in [-0.2, -0.15) is 5.10 Å². The Morgan fingerprint density at radius 2 is 1.77 bits per heavy atom. The molecule has 3 amide bonds. The van der Waals surface area contributed by atoms with Crippen LogP contribution in [-0.4, -0.2) is 34.7 Å². The molecule has 1 unspecified atom stereocenters. The summed E-state index contributed by atoms with van der Waals surface area (Å²) in [5.74, 6) is -0.808. The molecule has 9 nitrogen and oxygen atoms in total. The lowest BCUT2D eigenvalue weighted by Gasteiger charge is -2.31. The van der Waals surface area contributed by atoms with Crippen LogP contribution in [-0.2, 0) is 21.5 Å². The van der Waals surface area contributed by atoms with E-state index in [1.165, 1.54) is 0 Å². The quantitative estimate of drug-likeness (QED) is 0.286. The molecule has 6 rings (SSSR count). The van der Waals surface area contributed by atoms with E-state index in [0.717, 1.165) is 27.9 Å². The summed E-state index contributed by atoms with van der Waals surface area (Å²) < 4.78 is 5.53.